The quantitative estimate of drug-likeness (QED) is 0.820. The summed E-state index contributed by atoms with van der Waals surface area (Å²) < 4.78 is 1.91. The number of carbonyl (C=O) groups is 2. The van der Waals surface area contributed by atoms with Crippen molar-refractivity contribution in [1.29, 1.82) is 0 Å². The van der Waals surface area contributed by atoms with E-state index in [2.05, 4.69) is 10.4 Å². The van der Waals surface area contributed by atoms with Crippen molar-refractivity contribution in [2.45, 2.75) is 52.4 Å². The fraction of sp³-hybridized carbons (Fsp3) is 0.476. The van der Waals surface area contributed by atoms with Gasteiger partial charge in [-0.15, -0.1) is 0 Å². The fourth-order valence-electron chi connectivity index (χ4n) is 4.24. The number of aliphatic hydroxyl groups excluding tert-OH is 1. The number of fused-ring (bicyclic) bond motifs is 1. The topological polar surface area (TPSA) is 90.7 Å². The third-order valence-corrected chi connectivity index (χ3v) is 5.72. The van der Waals surface area contributed by atoms with E-state index < -0.39 is 0 Å². The Morgan fingerprint density at radius 3 is 2.93 bits per heavy atom. The van der Waals surface area contributed by atoms with Gasteiger partial charge in [-0.2, -0.15) is 5.10 Å². The van der Waals surface area contributed by atoms with Gasteiger partial charge in [-0.3, -0.25) is 9.48 Å². The van der Waals surface area contributed by atoms with Crippen molar-refractivity contribution in [2.75, 3.05) is 18.0 Å². The standard InChI is InChI=1S/C21H27N5O3/c1-3-26-19-7-8-24(12-17(19)18(13-27)23-26)21(29)22-15-10-20(28)25(11-15)16-6-4-5-14(2)9-16/h4-6,9,15,27H,3,7-8,10-13H2,1-2H3,(H,22,29)/t15-/m0/s1. The fourth-order valence-corrected chi connectivity index (χ4v) is 4.24. The predicted octanol–water partition coefficient (Wildman–Crippen LogP) is 1.58. The van der Waals surface area contributed by atoms with Crippen molar-refractivity contribution in [1.82, 2.24) is 20.0 Å². The summed E-state index contributed by atoms with van der Waals surface area (Å²) in [7, 11) is 0. The zero-order chi connectivity index (χ0) is 20.5. The normalized spacial score (nSPS) is 18.9. The number of anilines is 1. The molecule has 2 aliphatic rings. The lowest BCUT2D eigenvalue weighted by atomic mass is 10.1. The van der Waals surface area contributed by atoms with E-state index in [1.54, 1.807) is 9.80 Å². The number of rotatable bonds is 4. The van der Waals surface area contributed by atoms with Gasteiger partial charge in [-0.25, -0.2) is 4.79 Å². The molecule has 0 saturated carbocycles. The van der Waals surface area contributed by atoms with Gasteiger partial charge in [0.05, 0.1) is 24.9 Å². The van der Waals surface area contributed by atoms with Gasteiger partial charge in [-0.1, -0.05) is 12.1 Å². The van der Waals surface area contributed by atoms with Crippen LogP contribution in [-0.4, -0.2) is 50.9 Å². The van der Waals surface area contributed by atoms with Crippen LogP contribution in [0.15, 0.2) is 24.3 Å². The second-order valence-corrected chi connectivity index (χ2v) is 7.71. The van der Waals surface area contributed by atoms with Gasteiger partial charge in [0.25, 0.3) is 0 Å². The van der Waals surface area contributed by atoms with Crippen LogP contribution in [0.2, 0.25) is 0 Å². The van der Waals surface area contributed by atoms with Crippen molar-refractivity contribution in [2.24, 2.45) is 0 Å². The van der Waals surface area contributed by atoms with E-state index in [1.807, 2.05) is 42.8 Å². The van der Waals surface area contributed by atoms with Crippen LogP contribution in [0.3, 0.4) is 0 Å². The van der Waals surface area contributed by atoms with E-state index in [4.69, 9.17) is 0 Å². The molecular formula is C21H27N5O3. The molecule has 29 heavy (non-hydrogen) atoms. The monoisotopic (exact) mass is 397 g/mol. The van der Waals surface area contributed by atoms with Crippen LogP contribution in [0.1, 0.15) is 35.9 Å². The number of aliphatic hydroxyl groups is 1. The lowest BCUT2D eigenvalue weighted by Crippen LogP contribution is -2.47. The summed E-state index contributed by atoms with van der Waals surface area (Å²) in [5.41, 5.74) is 4.65. The van der Waals surface area contributed by atoms with Gasteiger partial charge < -0.3 is 20.2 Å². The van der Waals surface area contributed by atoms with Crippen LogP contribution in [-0.2, 0) is 30.9 Å². The van der Waals surface area contributed by atoms with Crippen LogP contribution >= 0.6 is 0 Å². The van der Waals surface area contributed by atoms with Gasteiger partial charge in [0.1, 0.15) is 0 Å². The second kappa shape index (κ2) is 7.87. The minimum absolute atomic E-state index is 0.0219. The van der Waals surface area contributed by atoms with E-state index in [0.717, 1.165) is 29.1 Å². The maximum atomic E-state index is 12.8. The third kappa shape index (κ3) is 3.72. The molecule has 2 N–H and O–H groups in total. The number of aromatic nitrogens is 2. The van der Waals surface area contributed by atoms with Crippen LogP contribution in [0.5, 0.6) is 0 Å². The van der Waals surface area contributed by atoms with Gasteiger partial charge in [-0.05, 0) is 31.5 Å². The third-order valence-electron chi connectivity index (χ3n) is 5.72. The van der Waals surface area contributed by atoms with Crippen LogP contribution < -0.4 is 10.2 Å². The van der Waals surface area contributed by atoms with E-state index in [-0.39, 0.29) is 24.6 Å². The molecule has 154 valence electrons. The molecule has 0 spiro atoms. The molecular weight excluding hydrogens is 370 g/mol. The number of aryl methyl sites for hydroxylation is 2. The highest BCUT2D eigenvalue weighted by Gasteiger charge is 2.34. The zero-order valence-electron chi connectivity index (χ0n) is 16.9. The lowest BCUT2D eigenvalue weighted by molar-refractivity contribution is -0.117. The average molecular weight is 397 g/mol. The Balaban J connectivity index is 1.42. The maximum Gasteiger partial charge on any atom is 0.318 e. The Labute approximate surface area is 170 Å². The highest BCUT2D eigenvalue weighted by molar-refractivity contribution is 5.96. The maximum absolute atomic E-state index is 12.8. The molecule has 4 rings (SSSR count). The molecule has 1 atom stereocenters. The van der Waals surface area contributed by atoms with E-state index in [0.29, 0.717) is 38.2 Å². The first-order valence-electron chi connectivity index (χ1n) is 10.1. The number of benzene rings is 1. The predicted molar refractivity (Wildman–Crippen MR) is 108 cm³/mol. The van der Waals surface area contributed by atoms with Crippen molar-refractivity contribution < 1.29 is 14.7 Å². The molecule has 8 heteroatoms. The van der Waals surface area contributed by atoms with Gasteiger partial charge >= 0.3 is 6.03 Å². The zero-order valence-corrected chi connectivity index (χ0v) is 16.9. The van der Waals surface area contributed by atoms with E-state index >= 15 is 0 Å². The minimum atomic E-state index is -0.215. The summed E-state index contributed by atoms with van der Waals surface area (Å²) in [6.45, 7) is 6.13. The molecule has 2 aromatic rings. The average Bonchev–Trinajstić information content (AvgIpc) is 3.27. The van der Waals surface area contributed by atoms with Crippen molar-refractivity contribution in [3.63, 3.8) is 0 Å². The Bertz CT molecular complexity index is 938. The van der Waals surface area contributed by atoms with Crippen LogP contribution in [0.4, 0.5) is 10.5 Å². The summed E-state index contributed by atoms with van der Waals surface area (Å²) >= 11 is 0. The molecule has 3 amide bonds. The molecule has 1 aromatic carbocycles. The number of hydrogen-bond donors (Lipinski definition) is 2. The number of carbonyl (C=O) groups excluding carboxylic acids is 2. The molecule has 1 fully saturated rings. The molecule has 1 saturated heterocycles. The molecule has 0 bridgehead atoms. The first-order valence-corrected chi connectivity index (χ1v) is 10.1. The van der Waals surface area contributed by atoms with Crippen molar-refractivity contribution in [3.8, 4) is 0 Å². The highest BCUT2D eigenvalue weighted by atomic mass is 16.3. The second-order valence-electron chi connectivity index (χ2n) is 7.71. The summed E-state index contributed by atoms with van der Waals surface area (Å²) in [6.07, 6.45) is 1.01. The molecule has 1 aromatic heterocycles. The van der Waals surface area contributed by atoms with Gasteiger partial charge in [0, 0.05) is 49.4 Å². The molecule has 3 heterocycles. The van der Waals surface area contributed by atoms with Gasteiger partial charge in [0.2, 0.25) is 5.91 Å². The minimum Gasteiger partial charge on any atom is -0.390 e. The summed E-state index contributed by atoms with van der Waals surface area (Å²) in [4.78, 5) is 28.8. The Morgan fingerprint density at radius 2 is 2.21 bits per heavy atom. The van der Waals surface area contributed by atoms with Gasteiger partial charge in [0.15, 0.2) is 0 Å². The Kier molecular flexibility index (Phi) is 5.27. The number of hydrogen-bond acceptors (Lipinski definition) is 4. The van der Waals surface area contributed by atoms with Crippen LogP contribution in [0, 0.1) is 6.92 Å². The molecule has 0 unspecified atom stereocenters. The van der Waals surface area contributed by atoms with Crippen molar-refractivity contribution in [3.05, 3.63) is 46.8 Å². The number of urea groups is 1. The molecule has 8 nitrogen and oxygen atoms in total. The number of nitrogens with one attached hydrogen (secondary N) is 1. The first-order chi connectivity index (χ1) is 14.0. The number of nitrogens with zero attached hydrogens (tertiary/aromatic N) is 4. The van der Waals surface area contributed by atoms with E-state index in [1.165, 1.54) is 0 Å². The lowest BCUT2D eigenvalue weighted by Gasteiger charge is -2.29. The smallest absolute Gasteiger partial charge is 0.318 e. The largest absolute Gasteiger partial charge is 0.390 e. The first kappa shape index (κ1) is 19.4. The number of amides is 3. The molecule has 0 radical (unpaired) electrons. The van der Waals surface area contributed by atoms with E-state index in [9.17, 15) is 14.7 Å². The van der Waals surface area contributed by atoms with Crippen molar-refractivity contribution >= 4 is 17.6 Å². The highest BCUT2D eigenvalue weighted by Crippen LogP contribution is 2.25. The van der Waals surface area contributed by atoms with Crippen LogP contribution in [0.25, 0.3) is 0 Å². The Morgan fingerprint density at radius 1 is 1.38 bits per heavy atom. The SMILES string of the molecule is CCn1nc(CO)c2c1CCN(C(=O)N[C@H]1CC(=O)N(c3cccc(C)c3)C1)C2. The summed E-state index contributed by atoms with van der Waals surface area (Å²) in [5.74, 6) is 0.0219. The Hall–Kier alpha value is -2.87. The molecule has 0 aliphatic carbocycles. The summed E-state index contributed by atoms with van der Waals surface area (Å²) in [6, 6.07) is 7.44. The summed E-state index contributed by atoms with van der Waals surface area (Å²) in [5, 5.41) is 17.1. The molecule has 2 aliphatic heterocycles.